The minimum atomic E-state index is 0.249. The Hall–Kier alpha value is -1.07. The van der Waals surface area contributed by atoms with Crippen LogP contribution >= 0.6 is 0 Å². The van der Waals surface area contributed by atoms with Crippen molar-refractivity contribution >= 4 is 6.01 Å². The minimum absolute atomic E-state index is 0.249. The largest absolute Gasteiger partial charge is 0.432 e. The summed E-state index contributed by atoms with van der Waals surface area (Å²) >= 11 is 0. The highest BCUT2D eigenvalue weighted by atomic mass is 16.4. The van der Waals surface area contributed by atoms with Gasteiger partial charge in [0.1, 0.15) is 6.26 Å². The van der Waals surface area contributed by atoms with Crippen LogP contribution in [0.15, 0.2) is 10.7 Å². The summed E-state index contributed by atoms with van der Waals surface area (Å²) in [5.74, 6) is 0. The third-order valence-electron chi connectivity index (χ3n) is 3.59. The van der Waals surface area contributed by atoms with E-state index >= 15 is 0 Å². The number of nitrogens with one attached hydrogen (secondary N) is 1. The molecule has 1 aliphatic heterocycles. The third kappa shape index (κ3) is 3.70. The average molecular weight is 266 g/mol. The molecule has 0 unspecified atom stereocenters. The zero-order valence-electron chi connectivity index (χ0n) is 12.6. The van der Waals surface area contributed by atoms with Crippen molar-refractivity contribution in [2.45, 2.75) is 39.8 Å². The van der Waals surface area contributed by atoms with E-state index in [1.807, 2.05) is 0 Å². The molecule has 1 aliphatic rings. The van der Waals surface area contributed by atoms with Crippen molar-refractivity contribution in [3.8, 4) is 0 Å². The van der Waals surface area contributed by atoms with Crippen molar-refractivity contribution in [3.63, 3.8) is 0 Å². The predicted molar refractivity (Wildman–Crippen MR) is 77.4 cm³/mol. The predicted octanol–water partition coefficient (Wildman–Crippen LogP) is 1.70. The van der Waals surface area contributed by atoms with Crippen LogP contribution in [0.1, 0.15) is 33.4 Å². The fourth-order valence-electron chi connectivity index (χ4n) is 2.34. The van der Waals surface area contributed by atoms with Gasteiger partial charge in [0.15, 0.2) is 0 Å². The summed E-state index contributed by atoms with van der Waals surface area (Å²) in [5, 5.41) is 3.26. The summed E-state index contributed by atoms with van der Waals surface area (Å²) in [5.41, 5.74) is 1.23. The summed E-state index contributed by atoms with van der Waals surface area (Å²) in [6.45, 7) is 14.7. The van der Waals surface area contributed by atoms with Crippen LogP contribution < -0.4 is 10.2 Å². The van der Waals surface area contributed by atoms with Gasteiger partial charge in [0.25, 0.3) is 6.01 Å². The number of anilines is 1. The van der Waals surface area contributed by atoms with Crippen molar-refractivity contribution in [1.29, 1.82) is 0 Å². The van der Waals surface area contributed by atoms with Crippen LogP contribution in [0.3, 0.4) is 0 Å². The molecule has 108 valence electrons. The Balaban J connectivity index is 1.89. The number of rotatable bonds is 4. The van der Waals surface area contributed by atoms with Gasteiger partial charge in [0, 0.05) is 38.3 Å². The zero-order chi connectivity index (χ0) is 13.9. The van der Waals surface area contributed by atoms with Gasteiger partial charge in [0.05, 0.1) is 5.69 Å². The van der Waals surface area contributed by atoms with E-state index < -0.39 is 0 Å². The molecule has 0 radical (unpaired) electrons. The molecule has 1 N–H and O–H groups in total. The van der Waals surface area contributed by atoms with E-state index in [0.717, 1.165) is 51.0 Å². The Labute approximate surface area is 116 Å². The first-order valence-corrected chi connectivity index (χ1v) is 7.16. The number of hydrogen-bond donors (Lipinski definition) is 1. The second-order valence-corrected chi connectivity index (χ2v) is 6.05. The molecule has 0 atom stereocenters. The van der Waals surface area contributed by atoms with Crippen LogP contribution in [0, 0.1) is 0 Å². The minimum Gasteiger partial charge on any atom is -0.432 e. The summed E-state index contributed by atoms with van der Waals surface area (Å²) in [6, 6.07) is 0.765. The number of hydrogen-bond acceptors (Lipinski definition) is 5. The second kappa shape index (κ2) is 5.92. The molecule has 1 fully saturated rings. The second-order valence-electron chi connectivity index (χ2n) is 6.05. The van der Waals surface area contributed by atoms with Gasteiger partial charge in [-0.3, -0.25) is 4.90 Å². The van der Waals surface area contributed by atoms with E-state index in [-0.39, 0.29) is 5.54 Å². The maximum absolute atomic E-state index is 5.58. The number of piperazine rings is 1. The monoisotopic (exact) mass is 266 g/mol. The molecule has 2 heterocycles. The van der Waals surface area contributed by atoms with Gasteiger partial charge in [-0.2, -0.15) is 4.98 Å². The fourth-order valence-corrected chi connectivity index (χ4v) is 2.34. The fraction of sp³-hybridized carbons (Fsp3) is 0.786. The SMILES string of the molecule is CCNCc1coc(N2CCN(C(C)(C)C)CC2)n1. The third-order valence-corrected chi connectivity index (χ3v) is 3.59. The molecule has 0 aliphatic carbocycles. The Morgan fingerprint density at radius 3 is 2.53 bits per heavy atom. The normalized spacial score (nSPS) is 18.0. The lowest BCUT2D eigenvalue weighted by molar-refractivity contribution is 0.127. The van der Waals surface area contributed by atoms with Crippen molar-refractivity contribution < 1.29 is 4.42 Å². The molecule has 0 saturated carbocycles. The maximum Gasteiger partial charge on any atom is 0.297 e. The molecule has 2 rings (SSSR count). The number of oxazole rings is 1. The van der Waals surface area contributed by atoms with Gasteiger partial charge < -0.3 is 14.6 Å². The Kier molecular flexibility index (Phi) is 4.47. The molecule has 0 amide bonds. The van der Waals surface area contributed by atoms with E-state index in [1.165, 1.54) is 0 Å². The van der Waals surface area contributed by atoms with Crippen LogP contribution in [-0.4, -0.2) is 48.1 Å². The van der Waals surface area contributed by atoms with Crippen LogP contribution in [0.2, 0.25) is 0 Å². The number of aromatic nitrogens is 1. The maximum atomic E-state index is 5.58. The van der Waals surface area contributed by atoms with Crippen LogP contribution in [0.4, 0.5) is 6.01 Å². The van der Waals surface area contributed by atoms with E-state index in [4.69, 9.17) is 4.42 Å². The van der Waals surface area contributed by atoms with E-state index in [1.54, 1.807) is 6.26 Å². The zero-order valence-corrected chi connectivity index (χ0v) is 12.6. The molecule has 0 aromatic carbocycles. The smallest absolute Gasteiger partial charge is 0.297 e. The van der Waals surface area contributed by atoms with Crippen molar-refractivity contribution in [2.24, 2.45) is 0 Å². The summed E-state index contributed by atoms with van der Waals surface area (Å²) < 4.78 is 5.58. The highest BCUT2D eigenvalue weighted by Crippen LogP contribution is 2.20. The summed E-state index contributed by atoms with van der Waals surface area (Å²) in [7, 11) is 0. The molecule has 0 spiro atoms. The Bertz CT molecular complexity index is 388. The van der Waals surface area contributed by atoms with Gasteiger partial charge in [0.2, 0.25) is 0 Å². The molecule has 1 aromatic rings. The molecule has 5 nitrogen and oxygen atoms in total. The highest BCUT2D eigenvalue weighted by molar-refractivity contribution is 5.28. The highest BCUT2D eigenvalue weighted by Gasteiger charge is 2.27. The molecule has 1 saturated heterocycles. The van der Waals surface area contributed by atoms with E-state index in [0.29, 0.717) is 0 Å². The van der Waals surface area contributed by atoms with Crippen molar-refractivity contribution in [3.05, 3.63) is 12.0 Å². The molecule has 5 heteroatoms. The molecule has 1 aromatic heterocycles. The lowest BCUT2D eigenvalue weighted by Crippen LogP contribution is -2.53. The van der Waals surface area contributed by atoms with Gasteiger partial charge in [-0.05, 0) is 27.3 Å². The molecular weight excluding hydrogens is 240 g/mol. The van der Waals surface area contributed by atoms with Gasteiger partial charge in [-0.1, -0.05) is 6.92 Å². The van der Waals surface area contributed by atoms with Crippen molar-refractivity contribution in [2.75, 3.05) is 37.6 Å². The van der Waals surface area contributed by atoms with Gasteiger partial charge in [-0.25, -0.2) is 0 Å². The molecular formula is C14H26N4O. The lowest BCUT2D eigenvalue weighted by atomic mass is 10.1. The molecule has 19 heavy (non-hydrogen) atoms. The molecule has 0 bridgehead atoms. The first-order chi connectivity index (χ1) is 9.00. The topological polar surface area (TPSA) is 44.5 Å². The van der Waals surface area contributed by atoms with Crippen LogP contribution in [0.5, 0.6) is 0 Å². The summed E-state index contributed by atoms with van der Waals surface area (Å²) in [6.07, 6.45) is 1.76. The Morgan fingerprint density at radius 2 is 1.95 bits per heavy atom. The Morgan fingerprint density at radius 1 is 1.26 bits per heavy atom. The van der Waals surface area contributed by atoms with Crippen molar-refractivity contribution in [1.82, 2.24) is 15.2 Å². The van der Waals surface area contributed by atoms with E-state index in [9.17, 15) is 0 Å². The lowest BCUT2D eigenvalue weighted by Gasteiger charge is -2.41. The van der Waals surface area contributed by atoms with Crippen LogP contribution in [-0.2, 0) is 6.54 Å². The average Bonchev–Trinajstić information content (AvgIpc) is 2.84. The van der Waals surface area contributed by atoms with Gasteiger partial charge >= 0.3 is 0 Å². The van der Waals surface area contributed by atoms with E-state index in [2.05, 4.69) is 47.8 Å². The summed E-state index contributed by atoms with van der Waals surface area (Å²) in [4.78, 5) is 9.28. The first-order valence-electron chi connectivity index (χ1n) is 7.16. The van der Waals surface area contributed by atoms with Crippen LogP contribution in [0.25, 0.3) is 0 Å². The number of nitrogens with zero attached hydrogens (tertiary/aromatic N) is 3. The first kappa shape index (κ1) is 14.3. The standard InChI is InChI=1S/C14H26N4O/c1-5-15-10-12-11-19-13(16-12)17-6-8-18(9-7-17)14(2,3)4/h11,15H,5-10H2,1-4H3. The van der Waals surface area contributed by atoms with Gasteiger partial charge in [-0.15, -0.1) is 0 Å². The quantitative estimate of drug-likeness (QED) is 0.898.